The topological polar surface area (TPSA) is 50.7 Å². The van der Waals surface area contributed by atoms with Gasteiger partial charge in [-0.15, -0.1) is 0 Å². The summed E-state index contributed by atoms with van der Waals surface area (Å²) in [5.41, 5.74) is -2.46. The van der Waals surface area contributed by atoms with E-state index in [4.69, 9.17) is 4.74 Å². The third-order valence-electron chi connectivity index (χ3n) is 4.36. The van der Waals surface area contributed by atoms with Gasteiger partial charge in [-0.1, -0.05) is 34.1 Å². The first-order chi connectivity index (χ1) is 13.6. The number of carbonyl (C=O) groups is 1. The first kappa shape index (κ1) is 21.2. The second kappa shape index (κ2) is 8.10. The Bertz CT molecular complexity index is 936. The van der Waals surface area contributed by atoms with Crippen LogP contribution in [0.15, 0.2) is 58.0 Å². The highest BCUT2D eigenvalue weighted by Gasteiger charge is 2.52. The molecular formula is C19H14BrF5N2O2. The number of hydrogen-bond acceptors (Lipinski definition) is 3. The van der Waals surface area contributed by atoms with Crippen LogP contribution >= 0.6 is 15.9 Å². The Hall–Kier alpha value is -2.49. The van der Waals surface area contributed by atoms with E-state index in [1.165, 1.54) is 18.2 Å². The number of ether oxygens (including phenoxy) is 1. The van der Waals surface area contributed by atoms with Gasteiger partial charge in [-0.25, -0.2) is 13.8 Å². The van der Waals surface area contributed by atoms with Gasteiger partial charge in [0.2, 0.25) is 0 Å². The summed E-state index contributed by atoms with van der Waals surface area (Å²) in [4.78, 5) is 16.2. The van der Waals surface area contributed by atoms with Crippen LogP contribution in [-0.4, -0.2) is 30.9 Å². The van der Waals surface area contributed by atoms with Crippen LogP contribution in [0.4, 0.5) is 22.0 Å². The van der Waals surface area contributed by atoms with Crippen molar-refractivity contribution in [1.29, 1.82) is 0 Å². The second-order valence-electron chi connectivity index (χ2n) is 6.38. The van der Waals surface area contributed by atoms with Gasteiger partial charge in [-0.05, 0) is 30.3 Å². The Morgan fingerprint density at radius 3 is 2.55 bits per heavy atom. The molecule has 2 unspecified atom stereocenters. The van der Waals surface area contributed by atoms with Crippen molar-refractivity contribution < 1.29 is 31.5 Å². The van der Waals surface area contributed by atoms with Crippen molar-refractivity contribution in [2.75, 3.05) is 6.67 Å². The summed E-state index contributed by atoms with van der Waals surface area (Å²) in [5, 5.41) is 2.12. The summed E-state index contributed by atoms with van der Waals surface area (Å²) >= 11 is 3.10. The number of alkyl halides is 4. The zero-order valence-electron chi connectivity index (χ0n) is 14.6. The number of aliphatic imine (C=N–C) groups is 1. The second-order valence-corrected chi connectivity index (χ2v) is 7.29. The summed E-state index contributed by atoms with van der Waals surface area (Å²) in [5.74, 6) is -1.72. The number of nitrogens with one attached hydrogen (secondary N) is 1. The van der Waals surface area contributed by atoms with Crippen LogP contribution in [-0.2, 0) is 10.3 Å². The van der Waals surface area contributed by atoms with Crippen LogP contribution in [0.1, 0.15) is 22.3 Å². The molecule has 29 heavy (non-hydrogen) atoms. The van der Waals surface area contributed by atoms with Crippen LogP contribution < -0.4 is 5.32 Å². The van der Waals surface area contributed by atoms with Crippen LogP contribution in [0.25, 0.3) is 0 Å². The van der Waals surface area contributed by atoms with Crippen molar-refractivity contribution in [3.05, 3.63) is 69.9 Å². The lowest BCUT2D eigenvalue weighted by Gasteiger charge is -2.37. The Kier molecular flexibility index (Phi) is 5.92. The minimum absolute atomic E-state index is 0.132. The fourth-order valence-corrected chi connectivity index (χ4v) is 3.29. The average Bonchev–Trinajstić information content (AvgIpc) is 2.69. The molecule has 0 bridgehead atoms. The van der Waals surface area contributed by atoms with E-state index in [2.05, 4.69) is 26.2 Å². The van der Waals surface area contributed by atoms with E-state index in [9.17, 15) is 26.7 Å². The van der Waals surface area contributed by atoms with Crippen molar-refractivity contribution in [3.63, 3.8) is 0 Å². The average molecular weight is 477 g/mol. The Balaban J connectivity index is 2.05. The van der Waals surface area contributed by atoms with Crippen LogP contribution in [0.2, 0.25) is 0 Å². The third-order valence-corrected chi connectivity index (χ3v) is 4.86. The van der Waals surface area contributed by atoms with Crippen LogP contribution in [0.3, 0.4) is 0 Å². The first-order valence-electron chi connectivity index (χ1n) is 8.36. The summed E-state index contributed by atoms with van der Waals surface area (Å²) in [6.07, 6.45) is -8.35. The van der Waals surface area contributed by atoms with Crippen molar-refractivity contribution in [2.45, 2.75) is 24.2 Å². The zero-order chi connectivity index (χ0) is 21.2. The fourth-order valence-electron chi connectivity index (χ4n) is 2.93. The van der Waals surface area contributed by atoms with Crippen molar-refractivity contribution in [1.82, 2.24) is 5.32 Å². The number of rotatable bonds is 3. The molecule has 1 aliphatic rings. The van der Waals surface area contributed by atoms with Crippen molar-refractivity contribution in [3.8, 4) is 0 Å². The minimum atomic E-state index is -4.89. The number of hydrogen-bond donors (Lipinski definition) is 1. The van der Waals surface area contributed by atoms with E-state index in [0.717, 1.165) is 12.1 Å². The van der Waals surface area contributed by atoms with Gasteiger partial charge in [0.25, 0.3) is 11.9 Å². The fraction of sp³-hybridized carbons (Fsp3) is 0.263. The Morgan fingerprint density at radius 2 is 1.93 bits per heavy atom. The molecule has 0 aliphatic carbocycles. The first-order valence-corrected chi connectivity index (χ1v) is 9.15. The zero-order valence-corrected chi connectivity index (χ0v) is 16.2. The highest BCUT2D eigenvalue weighted by molar-refractivity contribution is 9.10. The van der Waals surface area contributed by atoms with Gasteiger partial charge >= 0.3 is 6.18 Å². The maximum atomic E-state index is 14.4. The summed E-state index contributed by atoms with van der Waals surface area (Å²) < 4.78 is 73.9. The molecule has 2 atom stereocenters. The Morgan fingerprint density at radius 1 is 1.24 bits per heavy atom. The predicted octanol–water partition coefficient (Wildman–Crippen LogP) is 4.89. The molecule has 0 saturated carbocycles. The molecule has 0 spiro atoms. The van der Waals surface area contributed by atoms with Crippen molar-refractivity contribution >= 4 is 27.9 Å². The maximum Gasteiger partial charge on any atom is 0.425 e. The molecule has 0 aromatic heterocycles. The monoisotopic (exact) mass is 476 g/mol. The standard InChI is InChI=1S/C19H14BrF5N2O2/c20-12-6-7-14(22)13(8-12)18(10-21)9-15(19(23,24)25)29-17(27-18)26-16(28)11-4-2-1-3-5-11/h1-8,15H,9-10H2,(H,26,27,28). The molecule has 1 N–H and O–H groups in total. The number of benzene rings is 2. The van der Waals surface area contributed by atoms with E-state index in [1.807, 2.05) is 0 Å². The van der Waals surface area contributed by atoms with Gasteiger partial charge in [0.05, 0.1) is 0 Å². The summed E-state index contributed by atoms with van der Waals surface area (Å²) in [6.45, 7) is -1.43. The molecule has 0 fully saturated rings. The summed E-state index contributed by atoms with van der Waals surface area (Å²) in [6, 6.07) is 10.3. The van der Waals surface area contributed by atoms with Gasteiger partial charge in [0.1, 0.15) is 18.0 Å². The molecule has 1 amide bonds. The van der Waals surface area contributed by atoms with Crippen LogP contribution in [0.5, 0.6) is 0 Å². The molecule has 2 aromatic rings. The van der Waals surface area contributed by atoms with E-state index in [0.29, 0.717) is 4.47 Å². The molecule has 1 aliphatic heterocycles. The lowest BCUT2D eigenvalue weighted by molar-refractivity contribution is -0.209. The number of halogens is 6. The number of amidine groups is 1. The largest absolute Gasteiger partial charge is 0.452 e. The lowest BCUT2D eigenvalue weighted by atomic mass is 9.85. The van der Waals surface area contributed by atoms with E-state index < -0.39 is 48.7 Å². The molecule has 0 radical (unpaired) electrons. The quantitative estimate of drug-likeness (QED) is 0.641. The van der Waals surface area contributed by atoms with Gasteiger partial charge in [0.15, 0.2) is 6.10 Å². The van der Waals surface area contributed by atoms with E-state index in [1.54, 1.807) is 18.2 Å². The number of carbonyl (C=O) groups excluding carboxylic acids is 1. The molecule has 4 nitrogen and oxygen atoms in total. The van der Waals surface area contributed by atoms with Crippen LogP contribution in [0, 0.1) is 5.82 Å². The molecule has 154 valence electrons. The SMILES string of the molecule is O=C(NC1=NC(CF)(c2cc(Br)ccc2F)CC(C(F)(F)F)O1)c1ccccc1. The Labute approximate surface area is 170 Å². The highest BCUT2D eigenvalue weighted by atomic mass is 79.9. The number of nitrogens with zero attached hydrogens (tertiary/aromatic N) is 1. The maximum absolute atomic E-state index is 14.4. The number of amides is 1. The third kappa shape index (κ3) is 4.58. The van der Waals surface area contributed by atoms with Gasteiger partial charge in [0, 0.05) is 22.0 Å². The molecule has 2 aromatic carbocycles. The van der Waals surface area contributed by atoms with Gasteiger partial charge < -0.3 is 4.74 Å². The van der Waals surface area contributed by atoms with Gasteiger partial charge in [-0.2, -0.15) is 13.2 Å². The smallest absolute Gasteiger partial charge is 0.425 e. The van der Waals surface area contributed by atoms with Crippen molar-refractivity contribution in [2.24, 2.45) is 4.99 Å². The molecule has 1 heterocycles. The molecule has 3 rings (SSSR count). The van der Waals surface area contributed by atoms with E-state index in [-0.39, 0.29) is 11.1 Å². The normalized spacial score (nSPS) is 21.9. The molecule has 0 saturated heterocycles. The lowest BCUT2D eigenvalue weighted by Crippen LogP contribution is -2.50. The minimum Gasteiger partial charge on any atom is -0.452 e. The van der Waals surface area contributed by atoms with Gasteiger partial charge in [-0.3, -0.25) is 10.1 Å². The van der Waals surface area contributed by atoms with E-state index >= 15 is 0 Å². The molecule has 10 heteroatoms. The predicted molar refractivity (Wildman–Crippen MR) is 98.6 cm³/mol. The highest BCUT2D eigenvalue weighted by Crippen LogP contribution is 2.42. The summed E-state index contributed by atoms with van der Waals surface area (Å²) in [7, 11) is 0. The molecular weight excluding hydrogens is 463 g/mol.